The van der Waals surface area contributed by atoms with Crippen molar-refractivity contribution in [2.75, 3.05) is 38.8 Å². The van der Waals surface area contributed by atoms with Gasteiger partial charge in [0.1, 0.15) is 16.1 Å². The molecule has 4 aromatic rings. The Kier molecular flexibility index (Phi) is 9.85. The summed E-state index contributed by atoms with van der Waals surface area (Å²) >= 11 is 13.1. The number of carboxylic acids is 1. The molecule has 7 rings (SSSR count). The van der Waals surface area contributed by atoms with E-state index >= 15 is 0 Å². The fraction of sp³-hybridized carbons (Fsp3) is 0.375. The SMILES string of the molecule is COc1ccc([C@H](Cc2c(Cl)c[n+](O)cc2Cl)c2cc(CN(C(=O)O[C@H]3CN4CCC3CC4)c3nn[nH]n3)ccc2C(=O)[O-])cc1OC. The Hall–Kier alpha value is -4.66. The molecule has 2 aromatic carbocycles. The molecule has 1 amide bonds. The molecule has 14 nitrogen and oxygen atoms in total. The van der Waals surface area contributed by atoms with Crippen molar-refractivity contribution >= 4 is 41.2 Å². The van der Waals surface area contributed by atoms with Crippen molar-refractivity contribution in [2.24, 2.45) is 5.92 Å². The standard InChI is InChI=1S/C32H33Cl2N7O7/c1-46-27-6-4-20(12-28(27)47-2)22(13-24-25(33)15-40(45)16-26(24)34)23-11-18(3-5-21(23)30(42)43)14-41(31-35-37-38-36-31)32(44)48-29-17-39-9-7-19(29)8-10-39/h3-6,11-12,15-16,19,22,29H,7-10,13-14,17H2,1-2H3,(H2-,35,36,37,38,42,43,45)/t22-,29-/m0/s1. The van der Waals surface area contributed by atoms with Gasteiger partial charge < -0.3 is 24.1 Å². The van der Waals surface area contributed by atoms with Crippen LogP contribution in [0.4, 0.5) is 10.7 Å². The molecule has 3 fully saturated rings. The number of benzene rings is 2. The van der Waals surface area contributed by atoms with Gasteiger partial charge in [-0.2, -0.15) is 5.21 Å². The third kappa shape index (κ3) is 6.96. The normalized spacial score (nSPS) is 19.0. The van der Waals surface area contributed by atoms with E-state index in [1.165, 1.54) is 37.6 Å². The second-order valence-corrected chi connectivity index (χ2v) is 12.6. The summed E-state index contributed by atoms with van der Waals surface area (Å²) in [6, 6.07) is 9.93. The fourth-order valence-electron chi connectivity index (χ4n) is 6.51. The smallest absolute Gasteiger partial charge is 0.417 e. The molecular formula is C32H33Cl2N7O7. The van der Waals surface area contributed by atoms with Crippen LogP contribution < -0.4 is 24.2 Å². The summed E-state index contributed by atoms with van der Waals surface area (Å²) in [6.07, 6.45) is 3.70. The number of nitrogens with zero attached hydrogens (tertiary/aromatic N) is 6. The van der Waals surface area contributed by atoms with E-state index in [4.69, 9.17) is 37.4 Å². The molecule has 48 heavy (non-hydrogen) atoms. The number of halogens is 2. The lowest BCUT2D eigenvalue weighted by Crippen LogP contribution is -2.53. The highest BCUT2D eigenvalue weighted by molar-refractivity contribution is 6.35. The van der Waals surface area contributed by atoms with Gasteiger partial charge in [-0.1, -0.05) is 52.6 Å². The number of rotatable bonds is 11. The van der Waals surface area contributed by atoms with E-state index in [9.17, 15) is 19.9 Å². The molecule has 2 N–H and O–H groups in total. The number of aromatic nitrogens is 5. The predicted octanol–water partition coefficient (Wildman–Crippen LogP) is 3.02. The molecule has 2 bridgehead atoms. The van der Waals surface area contributed by atoms with Crippen LogP contribution in [-0.4, -0.2) is 82.8 Å². The van der Waals surface area contributed by atoms with Crippen molar-refractivity contribution in [3.05, 3.63) is 86.7 Å². The van der Waals surface area contributed by atoms with Crippen LogP contribution in [0.1, 0.15) is 51.4 Å². The summed E-state index contributed by atoms with van der Waals surface area (Å²) in [5, 5.41) is 36.9. The highest BCUT2D eigenvalue weighted by Gasteiger charge is 2.38. The lowest BCUT2D eigenvalue weighted by Gasteiger charge is -2.44. The first-order valence-electron chi connectivity index (χ1n) is 15.2. The third-order valence-corrected chi connectivity index (χ3v) is 9.63. The lowest BCUT2D eigenvalue weighted by molar-refractivity contribution is -0.904. The van der Waals surface area contributed by atoms with Gasteiger partial charge in [0.2, 0.25) is 12.4 Å². The van der Waals surface area contributed by atoms with Gasteiger partial charge in [-0.15, -0.1) is 5.10 Å². The van der Waals surface area contributed by atoms with Crippen molar-refractivity contribution in [1.82, 2.24) is 25.5 Å². The Bertz CT molecular complexity index is 1780. The lowest BCUT2D eigenvalue weighted by atomic mass is 9.82. The van der Waals surface area contributed by atoms with E-state index in [1.54, 1.807) is 30.3 Å². The fourth-order valence-corrected chi connectivity index (χ4v) is 7.11. The van der Waals surface area contributed by atoms with Gasteiger partial charge in [-0.25, -0.2) is 9.69 Å². The molecule has 0 spiro atoms. The first-order valence-corrected chi connectivity index (χ1v) is 16.0. The molecule has 0 aliphatic carbocycles. The number of carboxylic acid groups (broad SMARTS) is 1. The van der Waals surface area contributed by atoms with Crippen LogP contribution in [0, 0.1) is 5.92 Å². The summed E-state index contributed by atoms with van der Waals surface area (Å²) in [5.74, 6) is -0.911. The number of tetrazole rings is 1. The van der Waals surface area contributed by atoms with Gasteiger partial charge >= 0.3 is 6.09 Å². The third-order valence-electron chi connectivity index (χ3n) is 8.98. The number of fused-ring (bicyclic) bond motifs is 3. The Morgan fingerprint density at radius 2 is 1.83 bits per heavy atom. The first-order chi connectivity index (χ1) is 23.1. The van der Waals surface area contributed by atoms with Gasteiger partial charge in [0.05, 0.1) is 26.7 Å². The van der Waals surface area contributed by atoms with Gasteiger partial charge in [-0.3, -0.25) is 10.1 Å². The molecule has 2 aromatic heterocycles. The van der Waals surface area contributed by atoms with Gasteiger partial charge in [0, 0.05) is 28.3 Å². The Morgan fingerprint density at radius 1 is 1.10 bits per heavy atom. The monoisotopic (exact) mass is 697 g/mol. The second kappa shape index (κ2) is 14.2. The van der Waals surface area contributed by atoms with E-state index in [-0.39, 0.29) is 46.5 Å². The highest BCUT2D eigenvalue weighted by atomic mass is 35.5. The predicted molar refractivity (Wildman–Crippen MR) is 170 cm³/mol. The quantitative estimate of drug-likeness (QED) is 0.174. The van der Waals surface area contributed by atoms with Crippen molar-refractivity contribution in [1.29, 1.82) is 0 Å². The number of carbonyl (C=O) groups excluding carboxylic acids is 2. The van der Waals surface area contributed by atoms with Crippen molar-refractivity contribution in [3.8, 4) is 11.5 Å². The maximum atomic E-state index is 13.7. The summed E-state index contributed by atoms with van der Waals surface area (Å²) in [4.78, 5) is 29.8. The molecule has 2 atom stereocenters. The summed E-state index contributed by atoms with van der Waals surface area (Å²) in [7, 11) is 3.01. The number of nitrogens with one attached hydrogen (secondary N) is 1. The average molecular weight is 699 g/mol. The Balaban J connectivity index is 1.40. The van der Waals surface area contributed by atoms with Gasteiger partial charge in [0.15, 0.2) is 11.5 Å². The zero-order chi connectivity index (χ0) is 33.9. The molecule has 3 saturated heterocycles. The minimum atomic E-state index is -1.41. The van der Waals surface area contributed by atoms with Crippen molar-refractivity contribution in [2.45, 2.75) is 37.8 Å². The Morgan fingerprint density at radius 3 is 2.44 bits per heavy atom. The molecular weight excluding hydrogens is 665 g/mol. The first kappa shape index (κ1) is 33.2. The number of hydrogen-bond acceptors (Lipinski definition) is 11. The Labute approximate surface area is 285 Å². The van der Waals surface area contributed by atoms with Crippen molar-refractivity contribution in [3.63, 3.8) is 0 Å². The number of hydrogen-bond donors (Lipinski definition) is 2. The van der Waals surface area contributed by atoms with Crippen LogP contribution in [0.25, 0.3) is 0 Å². The zero-order valence-electron chi connectivity index (χ0n) is 26.1. The maximum absolute atomic E-state index is 13.7. The maximum Gasteiger partial charge on any atom is 0.417 e. The molecule has 3 aliphatic rings. The minimum absolute atomic E-state index is 0.00315. The number of pyridine rings is 1. The second-order valence-electron chi connectivity index (χ2n) is 11.8. The summed E-state index contributed by atoms with van der Waals surface area (Å²) in [5.41, 5.74) is 1.94. The van der Waals surface area contributed by atoms with E-state index in [0.29, 0.717) is 40.3 Å². The number of amides is 1. The number of carbonyl (C=O) groups is 2. The van der Waals surface area contributed by atoms with Crippen molar-refractivity contribution < 1.29 is 38.8 Å². The number of H-pyrrole nitrogens is 1. The molecule has 3 aliphatic heterocycles. The molecule has 0 radical (unpaired) electrons. The number of piperidine rings is 3. The molecule has 0 unspecified atom stereocenters. The van der Waals surface area contributed by atoms with Gasteiger partial charge in [-0.05, 0) is 72.3 Å². The molecule has 16 heteroatoms. The van der Waals surface area contributed by atoms with E-state index < -0.39 is 18.0 Å². The number of ether oxygens (including phenoxy) is 3. The largest absolute Gasteiger partial charge is 0.545 e. The minimum Gasteiger partial charge on any atom is -0.545 e. The summed E-state index contributed by atoms with van der Waals surface area (Å²) in [6.45, 7) is 2.58. The average Bonchev–Trinajstić information content (AvgIpc) is 3.62. The number of aromatic amines is 1. The van der Waals surface area contributed by atoms with Crippen LogP contribution in [-0.2, 0) is 17.7 Å². The molecule has 5 heterocycles. The number of methoxy groups -OCH3 is 2. The summed E-state index contributed by atoms with van der Waals surface area (Å²) < 4.78 is 17.7. The van der Waals surface area contributed by atoms with Crippen LogP contribution in [0.2, 0.25) is 10.0 Å². The number of anilines is 1. The molecule has 252 valence electrons. The number of aromatic carboxylic acids is 1. The van der Waals surface area contributed by atoms with E-state index in [0.717, 1.165) is 30.7 Å². The topological polar surface area (TPSA) is 170 Å². The van der Waals surface area contributed by atoms with Crippen LogP contribution in [0.3, 0.4) is 0 Å². The van der Waals surface area contributed by atoms with Crippen LogP contribution in [0.5, 0.6) is 11.5 Å². The van der Waals surface area contributed by atoms with E-state index in [1.807, 2.05) is 0 Å². The van der Waals surface area contributed by atoms with Gasteiger partial charge in [0.25, 0.3) is 5.95 Å². The van der Waals surface area contributed by atoms with Crippen LogP contribution >= 0.6 is 23.2 Å². The highest BCUT2D eigenvalue weighted by Crippen LogP contribution is 2.39. The zero-order valence-corrected chi connectivity index (χ0v) is 27.6. The van der Waals surface area contributed by atoms with Crippen LogP contribution in [0.15, 0.2) is 48.8 Å². The molecule has 0 saturated carbocycles. The van der Waals surface area contributed by atoms with E-state index in [2.05, 4.69) is 25.5 Å².